The van der Waals surface area contributed by atoms with Gasteiger partial charge in [-0.25, -0.2) is 5.01 Å². The first kappa shape index (κ1) is 12.8. The summed E-state index contributed by atoms with van der Waals surface area (Å²) < 4.78 is 0. The normalized spacial score (nSPS) is 18.7. The highest BCUT2D eigenvalue weighted by Crippen LogP contribution is 2.38. The van der Waals surface area contributed by atoms with Crippen LogP contribution in [0.15, 0.2) is 29.4 Å². The molecule has 2 rings (SSSR count). The van der Waals surface area contributed by atoms with Gasteiger partial charge in [0.05, 0.1) is 0 Å². The van der Waals surface area contributed by atoms with Gasteiger partial charge in [-0.3, -0.25) is 4.79 Å². The van der Waals surface area contributed by atoms with Crippen molar-refractivity contribution < 1.29 is 4.79 Å². The average Bonchev–Trinajstić information content (AvgIpc) is 2.71. The standard InChI is InChI=1S/C12H16N4OS/c1-8(17)16-11(18-12(13)14-16)9-4-6-10(7-5-9)15(2)3/h4-7,11H,1-3H3,(H2,13,14). The first-order chi connectivity index (χ1) is 8.49. The number of hydrazone groups is 1. The largest absolute Gasteiger partial charge is 0.378 e. The summed E-state index contributed by atoms with van der Waals surface area (Å²) in [6.07, 6.45) is 0. The number of rotatable bonds is 2. The summed E-state index contributed by atoms with van der Waals surface area (Å²) >= 11 is 1.39. The van der Waals surface area contributed by atoms with Gasteiger partial charge in [0.25, 0.3) is 0 Å². The van der Waals surface area contributed by atoms with Crippen LogP contribution in [0.5, 0.6) is 0 Å². The highest BCUT2D eigenvalue weighted by molar-refractivity contribution is 8.14. The van der Waals surface area contributed by atoms with Crippen molar-refractivity contribution in [1.82, 2.24) is 5.01 Å². The number of nitrogens with two attached hydrogens (primary N) is 1. The van der Waals surface area contributed by atoms with Gasteiger partial charge in [-0.2, -0.15) is 0 Å². The number of carbonyl (C=O) groups excluding carboxylic acids is 1. The molecule has 1 aromatic carbocycles. The Kier molecular flexibility index (Phi) is 3.47. The number of hydrogen-bond donors (Lipinski definition) is 1. The number of hydrogen-bond acceptors (Lipinski definition) is 5. The number of benzene rings is 1. The molecule has 0 spiro atoms. The van der Waals surface area contributed by atoms with Crippen molar-refractivity contribution in [2.75, 3.05) is 19.0 Å². The van der Waals surface area contributed by atoms with Crippen LogP contribution in [0.4, 0.5) is 5.69 Å². The lowest BCUT2D eigenvalue weighted by molar-refractivity contribution is -0.129. The third-order valence-corrected chi connectivity index (χ3v) is 3.70. The maximum absolute atomic E-state index is 11.5. The summed E-state index contributed by atoms with van der Waals surface area (Å²) in [5.41, 5.74) is 7.81. The van der Waals surface area contributed by atoms with Crippen LogP contribution >= 0.6 is 11.8 Å². The molecule has 1 aromatic rings. The van der Waals surface area contributed by atoms with E-state index in [0.717, 1.165) is 11.3 Å². The maximum atomic E-state index is 11.5. The predicted molar refractivity (Wildman–Crippen MR) is 75.2 cm³/mol. The fraction of sp³-hybridized carbons (Fsp3) is 0.333. The molecule has 1 aliphatic heterocycles. The lowest BCUT2D eigenvalue weighted by Crippen LogP contribution is -2.23. The van der Waals surface area contributed by atoms with Gasteiger partial charge < -0.3 is 10.6 Å². The van der Waals surface area contributed by atoms with E-state index >= 15 is 0 Å². The third kappa shape index (κ3) is 2.43. The summed E-state index contributed by atoms with van der Waals surface area (Å²) in [6.45, 7) is 1.49. The number of anilines is 1. The van der Waals surface area contributed by atoms with Gasteiger partial charge in [-0.1, -0.05) is 23.9 Å². The van der Waals surface area contributed by atoms with Crippen molar-refractivity contribution in [3.05, 3.63) is 29.8 Å². The number of thioether (sulfide) groups is 1. The SMILES string of the molecule is CC(=O)N1N=C(N)SC1c1ccc(N(C)C)cc1. The molecule has 1 unspecified atom stereocenters. The summed E-state index contributed by atoms with van der Waals surface area (Å²) in [5, 5.41) is 5.72. The summed E-state index contributed by atoms with van der Waals surface area (Å²) in [7, 11) is 3.98. The molecule has 0 radical (unpaired) electrons. The van der Waals surface area contributed by atoms with E-state index in [4.69, 9.17) is 5.73 Å². The first-order valence-electron chi connectivity index (χ1n) is 5.57. The molecule has 6 heteroatoms. The Bertz CT molecular complexity index is 483. The highest BCUT2D eigenvalue weighted by Gasteiger charge is 2.30. The molecule has 0 saturated carbocycles. The van der Waals surface area contributed by atoms with E-state index in [2.05, 4.69) is 5.10 Å². The highest BCUT2D eigenvalue weighted by atomic mass is 32.2. The number of nitrogens with zero attached hydrogens (tertiary/aromatic N) is 3. The molecule has 0 fully saturated rings. The van der Waals surface area contributed by atoms with E-state index < -0.39 is 0 Å². The maximum Gasteiger partial charge on any atom is 0.241 e. The van der Waals surface area contributed by atoms with E-state index in [1.165, 1.54) is 23.7 Å². The molecule has 0 aromatic heterocycles. The second kappa shape index (κ2) is 4.89. The summed E-state index contributed by atoms with van der Waals surface area (Å²) in [5.74, 6) is -0.107. The number of carbonyl (C=O) groups is 1. The van der Waals surface area contributed by atoms with Gasteiger partial charge >= 0.3 is 0 Å². The molecule has 1 atom stereocenters. The van der Waals surface area contributed by atoms with Gasteiger partial charge in [0.15, 0.2) is 5.17 Å². The molecule has 18 heavy (non-hydrogen) atoms. The van der Waals surface area contributed by atoms with Gasteiger partial charge in [-0.05, 0) is 17.7 Å². The third-order valence-electron chi connectivity index (χ3n) is 2.68. The van der Waals surface area contributed by atoms with Crippen LogP contribution in [0, 0.1) is 0 Å². The van der Waals surface area contributed by atoms with Crippen LogP contribution in [0.2, 0.25) is 0 Å². The molecular formula is C12H16N4OS. The number of amides is 1. The van der Waals surface area contributed by atoms with Crippen molar-refractivity contribution in [1.29, 1.82) is 0 Å². The molecule has 1 aliphatic rings. The van der Waals surface area contributed by atoms with Crippen molar-refractivity contribution in [3.8, 4) is 0 Å². The summed E-state index contributed by atoms with van der Waals surface area (Å²) in [4.78, 5) is 13.5. The minimum atomic E-state index is -0.154. The van der Waals surface area contributed by atoms with E-state index in [-0.39, 0.29) is 11.3 Å². The topological polar surface area (TPSA) is 61.9 Å². The minimum Gasteiger partial charge on any atom is -0.378 e. The predicted octanol–water partition coefficient (Wildman–Crippen LogP) is 1.58. The average molecular weight is 264 g/mol. The molecule has 0 aliphatic carbocycles. The second-order valence-electron chi connectivity index (χ2n) is 4.26. The molecule has 0 bridgehead atoms. The van der Waals surface area contributed by atoms with Crippen LogP contribution in [-0.4, -0.2) is 30.2 Å². The second-order valence-corrected chi connectivity index (χ2v) is 5.36. The van der Waals surface area contributed by atoms with Crippen molar-refractivity contribution >= 4 is 28.5 Å². The zero-order valence-corrected chi connectivity index (χ0v) is 11.4. The Hall–Kier alpha value is -1.69. The van der Waals surface area contributed by atoms with E-state index in [1.54, 1.807) is 0 Å². The van der Waals surface area contributed by atoms with Crippen LogP contribution in [0.3, 0.4) is 0 Å². The van der Waals surface area contributed by atoms with Gasteiger partial charge in [0, 0.05) is 26.7 Å². The zero-order chi connectivity index (χ0) is 13.3. The van der Waals surface area contributed by atoms with Crippen LogP contribution in [0.25, 0.3) is 0 Å². The van der Waals surface area contributed by atoms with Gasteiger partial charge in [0.1, 0.15) is 5.37 Å². The Labute approximate surface area is 111 Å². The monoisotopic (exact) mass is 264 g/mol. The molecular weight excluding hydrogens is 248 g/mol. The molecule has 0 saturated heterocycles. The molecule has 1 amide bonds. The fourth-order valence-corrected chi connectivity index (χ4v) is 2.68. The Balaban J connectivity index is 2.24. The Morgan fingerprint density at radius 1 is 1.39 bits per heavy atom. The fourth-order valence-electron chi connectivity index (χ4n) is 1.73. The molecule has 2 N–H and O–H groups in total. The quantitative estimate of drug-likeness (QED) is 0.881. The lowest BCUT2D eigenvalue weighted by atomic mass is 10.2. The van der Waals surface area contributed by atoms with Crippen LogP contribution in [-0.2, 0) is 4.79 Å². The molecule has 1 heterocycles. The van der Waals surface area contributed by atoms with Gasteiger partial charge in [0.2, 0.25) is 5.91 Å². The van der Waals surface area contributed by atoms with Crippen LogP contribution < -0.4 is 10.6 Å². The smallest absolute Gasteiger partial charge is 0.241 e. The van der Waals surface area contributed by atoms with E-state index in [0.29, 0.717) is 5.17 Å². The van der Waals surface area contributed by atoms with Gasteiger partial charge in [-0.15, -0.1) is 5.10 Å². The Morgan fingerprint density at radius 3 is 2.50 bits per heavy atom. The molecule has 96 valence electrons. The van der Waals surface area contributed by atoms with Crippen molar-refractivity contribution in [3.63, 3.8) is 0 Å². The number of amidine groups is 1. The Morgan fingerprint density at radius 2 is 2.00 bits per heavy atom. The van der Waals surface area contributed by atoms with Crippen LogP contribution in [0.1, 0.15) is 17.9 Å². The minimum absolute atomic E-state index is 0.107. The van der Waals surface area contributed by atoms with E-state index in [9.17, 15) is 4.79 Å². The molecule has 5 nitrogen and oxygen atoms in total. The van der Waals surface area contributed by atoms with Crippen molar-refractivity contribution in [2.24, 2.45) is 10.8 Å². The summed E-state index contributed by atoms with van der Waals surface area (Å²) in [6, 6.07) is 8.03. The zero-order valence-electron chi connectivity index (χ0n) is 10.6. The van der Waals surface area contributed by atoms with E-state index in [1.807, 2.05) is 43.3 Å². The van der Waals surface area contributed by atoms with Crippen molar-refractivity contribution in [2.45, 2.75) is 12.3 Å². The first-order valence-corrected chi connectivity index (χ1v) is 6.45. The lowest BCUT2D eigenvalue weighted by Gasteiger charge is -2.20.